The second-order valence-electron chi connectivity index (χ2n) is 10.6. The van der Waals surface area contributed by atoms with Crippen LogP contribution in [0.1, 0.15) is 34.6 Å². The number of pyridine rings is 2. The summed E-state index contributed by atoms with van der Waals surface area (Å²) in [5, 5.41) is 14.2. The van der Waals surface area contributed by atoms with Crippen LogP contribution in [0.3, 0.4) is 0 Å². The van der Waals surface area contributed by atoms with Crippen LogP contribution in [0.15, 0.2) is 108 Å². The molecule has 0 bridgehead atoms. The number of nitriles is 1. The molecule has 46 heavy (non-hydrogen) atoms. The van der Waals surface area contributed by atoms with Gasteiger partial charge in [0, 0.05) is 44.2 Å². The summed E-state index contributed by atoms with van der Waals surface area (Å²) >= 11 is 0. The first-order valence-electron chi connectivity index (χ1n) is 18.6. The number of hydrogen-bond donors (Lipinski definition) is 0. The second-order valence-corrected chi connectivity index (χ2v) is 10.6. The van der Waals surface area contributed by atoms with E-state index < -0.39 is 20.6 Å². The first-order valence-corrected chi connectivity index (χ1v) is 14.1. The third-order valence-corrected chi connectivity index (χ3v) is 7.85. The van der Waals surface area contributed by atoms with Gasteiger partial charge in [-0.15, -0.1) is 41.5 Å². The van der Waals surface area contributed by atoms with Crippen LogP contribution in [-0.2, 0) is 20.1 Å². The monoisotopic (exact) mass is 780 g/mol. The van der Waals surface area contributed by atoms with E-state index in [1.807, 2.05) is 30.3 Å². The maximum absolute atomic E-state index is 9.22. The van der Waals surface area contributed by atoms with Gasteiger partial charge in [0.1, 0.15) is 0 Å². The number of hydrogen-bond acceptors (Lipinski definition) is 4. The standard InChI is InChI=1S/C26H12N3O.C14H14N.Ir/c27-14-15-9-10-17-19-12-20-18(13-25(19)30-24(17)11-15)16-5-1-3-7-22(16)29-23-8-4-2-6-21(23)28-26(20)29;1-10-4-6-13(7-5-10)14-8-11(2)12(3)9-15-14;/h1-11,13H;4-6,8-9H,1-3H3;/q2*-1;/i;1D3,2D3,3D3;. The first-order chi connectivity index (χ1) is 25.6. The molecule has 0 atom stereocenters. The van der Waals surface area contributed by atoms with Gasteiger partial charge in [-0.1, -0.05) is 83.2 Å². The van der Waals surface area contributed by atoms with Gasteiger partial charge in [-0.05, 0) is 60.0 Å². The summed E-state index contributed by atoms with van der Waals surface area (Å²) < 4.78 is 75.2. The minimum atomic E-state index is -2.61. The quantitative estimate of drug-likeness (QED) is 0.123. The Bertz CT molecular complexity index is 2980. The third kappa shape index (κ3) is 4.82. The van der Waals surface area contributed by atoms with E-state index in [9.17, 15) is 5.26 Å². The SMILES string of the molecule is N#Cc1ccc2c(c1)oc1cc3c([c-]c12)c1nc2ccccc2n1c1ccccc31.[2H]C([2H])([2H])c1c[c-]c(-c2cc(C([2H])([2H])[2H])c(C([2H])([2H])[2H])cn2)cc1.[Ir]. The maximum atomic E-state index is 9.22. The van der Waals surface area contributed by atoms with Crippen molar-refractivity contribution >= 4 is 60.3 Å². The van der Waals surface area contributed by atoms with Crippen LogP contribution in [0.4, 0.5) is 0 Å². The van der Waals surface area contributed by atoms with Crippen molar-refractivity contribution < 1.29 is 36.9 Å². The molecule has 9 rings (SSSR count). The fourth-order valence-corrected chi connectivity index (χ4v) is 5.72. The molecule has 0 unspecified atom stereocenters. The molecule has 6 heteroatoms. The van der Waals surface area contributed by atoms with E-state index in [0.29, 0.717) is 16.7 Å². The summed E-state index contributed by atoms with van der Waals surface area (Å²) in [4.78, 5) is 8.95. The number of benzene rings is 5. The van der Waals surface area contributed by atoms with Crippen molar-refractivity contribution in [1.82, 2.24) is 14.4 Å². The predicted molar refractivity (Wildman–Crippen MR) is 181 cm³/mol. The molecule has 223 valence electrons. The molecule has 5 aromatic carbocycles. The summed E-state index contributed by atoms with van der Waals surface area (Å²) in [6.07, 6.45) is 1.02. The fraction of sp³-hybridized carbons (Fsp3) is 0.0750. The molecule has 9 aromatic rings. The molecule has 4 aromatic heterocycles. The zero-order chi connectivity index (χ0) is 38.2. The molecule has 0 fully saturated rings. The fourth-order valence-electron chi connectivity index (χ4n) is 5.72. The average Bonchev–Trinajstić information content (AvgIpc) is 3.71. The molecule has 5 nitrogen and oxygen atoms in total. The van der Waals surface area contributed by atoms with Crippen LogP contribution in [0.25, 0.3) is 71.6 Å². The van der Waals surface area contributed by atoms with Gasteiger partial charge in [-0.3, -0.25) is 4.98 Å². The molecule has 0 amide bonds. The summed E-state index contributed by atoms with van der Waals surface area (Å²) in [6, 6.07) is 38.0. The average molecular weight is 780 g/mol. The Kier molecular flexibility index (Phi) is 5.18. The minimum absolute atomic E-state index is 0. The third-order valence-electron chi connectivity index (χ3n) is 7.85. The molecule has 0 saturated heterocycles. The number of imidazole rings is 1. The van der Waals surface area contributed by atoms with Crippen molar-refractivity contribution in [3.05, 3.63) is 138 Å². The minimum Gasteiger partial charge on any atom is -0.500 e. The number of fused-ring (bicyclic) bond motifs is 11. The van der Waals surface area contributed by atoms with Crippen molar-refractivity contribution in [1.29, 1.82) is 5.26 Å². The van der Waals surface area contributed by atoms with Gasteiger partial charge in [0.25, 0.3) is 0 Å². The molecular weight excluding hydrogens is 745 g/mol. The van der Waals surface area contributed by atoms with Gasteiger partial charge >= 0.3 is 0 Å². The molecule has 0 N–H and O–H groups in total. The van der Waals surface area contributed by atoms with Gasteiger partial charge in [-0.25, -0.2) is 0 Å². The number of rotatable bonds is 1. The van der Waals surface area contributed by atoms with Gasteiger partial charge in [0.15, 0.2) is 0 Å². The van der Waals surface area contributed by atoms with Crippen LogP contribution in [0.5, 0.6) is 0 Å². The van der Waals surface area contributed by atoms with E-state index in [4.69, 9.17) is 21.7 Å². The maximum Gasteiger partial charge on any atom is 0.0992 e. The van der Waals surface area contributed by atoms with Crippen molar-refractivity contribution in [3.63, 3.8) is 0 Å². The smallest absolute Gasteiger partial charge is 0.0992 e. The number of aromatic nitrogens is 3. The zero-order valence-corrected chi connectivity index (χ0v) is 26.2. The largest absolute Gasteiger partial charge is 0.500 e. The Balaban J connectivity index is 0.000000171. The Morgan fingerprint density at radius 1 is 0.804 bits per heavy atom. The summed E-state index contributed by atoms with van der Waals surface area (Å²) in [7, 11) is 0. The summed E-state index contributed by atoms with van der Waals surface area (Å²) in [5.74, 6) is 0. The van der Waals surface area contributed by atoms with Crippen molar-refractivity contribution in [2.24, 2.45) is 0 Å². The predicted octanol–water partition coefficient (Wildman–Crippen LogP) is 9.84. The van der Waals surface area contributed by atoms with Crippen LogP contribution < -0.4 is 0 Å². The molecule has 0 aliphatic rings. The summed E-state index contributed by atoms with van der Waals surface area (Å²) in [6.45, 7) is -7.47. The number of para-hydroxylation sites is 3. The van der Waals surface area contributed by atoms with Gasteiger partial charge in [-0.2, -0.15) is 5.26 Å². The number of nitrogens with zero attached hydrogens (tertiary/aromatic N) is 4. The van der Waals surface area contributed by atoms with Gasteiger partial charge in [0.05, 0.1) is 39.5 Å². The van der Waals surface area contributed by atoms with Crippen molar-refractivity contribution in [3.8, 4) is 17.3 Å². The van der Waals surface area contributed by atoms with Crippen LogP contribution in [-0.4, -0.2) is 14.4 Å². The summed E-state index contributed by atoms with van der Waals surface area (Å²) in [5.41, 5.74) is 6.12. The van der Waals surface area contributed by atoms with E-state index in [0.717, 1.165) is 60.9 Å². The number of furan rings is 1. The Morgan fingerprint density at radius 3 is 2.46 bits per heavy atom. The topological polar surface area (TPSA) is 67.1 Å². The van der Waals surface area contributed by atoms with E-state index in [1.54, 1.807) is 6.07 Å². The molecular formula is C40H26IrN4O-2. The van der Waals surface area contributed by atoms with Crippen LogP contribution in [0.2, 0.25) is 0 Å². The Labute approximate surface area is 291 Å². The van der Waals surface area contributed by atoms with E-state index in [-0.39, 0.29) is 42.5 Å². The van der Waals surface area contributed by atoms with E-state index >= 15 is 0 Å². The Morgan fingerprint density at radius 2 is 1.65 bits per heavy atom. The van der Waals surface area contributed by atoms with Gasteiger partial charge < -0.3 is 13.8 Å². The van der Waals surface area contributed by atoms with Crippen molar-refractivity contribution in [2.45, 2.75) is 20.6 Å². The molecule has 0 spiro atoms. The molecule has 0 saturated carbocycles. The van der Waals surface area contributed by atoms with Crippen molar-refractivity contribution in [2.75, 3.05) is 0 Å². The zero-order valence-electron chi connectivity index (χ0n) is 32.8. The molecule has 0 aliphatic heterocycles. The second kappa shape index (κ2) is 11.5. The van der Waals surface area contributed by atoms with Gasteiger partial charge in [0.2, 0.25) is 0 Å². The molecule has 1 radical (unpaired) electrons. The molecule has 0 aliphatic carbocycles. The van der Waals surface area contributed by atoms with E-state index in [2.05, 4.69) is 64.0 Å². The normalized spacial score (nSPS) is 14.9. The van der Waals surface area contributed by atoms with Crippen LogP contribution in [0, 0.1) is 44.0 Å². The van der Waals surface area contributed by atoms with Crippen LogP contribution >= 0.6 is 0 Å². The first kappa shape index (κ1) is 20.6. The van der Waals surface area contributed by atoms with E-state index in [1.165, 1.54) is 24.3 Å². The molecule has 4 heterocycles. The Hall–Kier alpha value is -5.34. The number of aryl methyl sites for hydroxylation is 3.